The summed E-state index contributed by atoms with van der Waals surface area (Å²) in [4.78, 5) is 2.60. The van der Waals surface area contributed by atoms with E-state index < -0.39 is 0 Å². The second-order valence-corrected chi connectivity index (χ2v) is 4.48. The second kappa shape index (κ2) is 5.10. The van der Waals surface area contributed by atoms with Gasteiger partial charge in [-0.1, -0.05) is 0 Å². The smallest absolute Gasteiger partial charge is 0.0594 e. The van der Waals surface area contributed by atoms with E-state index in [2.05, 4.69) is 17.1 Å². The highest BCUT2D eigenvalue weighted by Crippen LogP contribution is 2.21. The van der Waals surface area contributed by atoms with Crippen LogP contribution >= 0.6 is 0 Å². The number of piperidine rings is 1. The second-order valence-electron chi connectivity index (χ2n) is 4.48. The van der Waals surface area contributed by atoms with E-state index in [0.29, 0.717) is 0 Å². The van der Waals surface area contributed by atoms with Gasteiger partial charge in [0.15, 0.2) is 0 Å². The molecule has 0 spiro atoms. The molecule has 1 N–H and O–H groups in total. The van der Waals surface area contributed by atoms with Crippen LogP contribution in [0.2, 0.25) is 0 Å². The number of hydrogen-bond donors (Lipinski definition) is 1. The van der Waals surface area contributed by atoms with Crippen molar-refractivity contribution in [3.63, 3.8) is 0 Å². The van der Waals surface area contributed by atoms with E-state index in [1.165, 1.54) is 25.9 Å². The molecule has 0 aromatic rings. The SMILES string of the molecule is CC(C1CCNCC1)N1CCOCC1. The quantitative estimate of drug-likeness (QED) is 0.707. The molecule has 0 bridgehead atoms. The van der Waals surface area contributed by atoms with Crippen molar-refractivity contribution in [2.45, 2.75) is 25.8 Å². The molecule has 2 heterocycles. The van der Waals surface area contributed by atoms with E-state index in [1.807, 2.05) is 0 Å². The minimum atomic E-state index is 0.751. The predicted molar refractivity (Wildman–Crippen MR) is 57.4 cm³/mol. The van der Waals surface area contributed by atoms with Crippen LogP contribution < -0.4 is 5.32 Å². The largest absolute Gasteiger partial charge is 0.379 e. The summed E-state index contributed by atoms with van der Waals surface area (Å²) in [5.74, 6) is 0.898. The molecule has 14 heavy (non-hydrogen) atoms. The van der Waals surface area contributed by atoms with Crippen molar-refractivity contribution in [3.05, 3.63) is 0 Å². The first-order chi connectivity index (χ1) is 6.88. The molecule has 3 nitrogen and oxygen atoms in total. The Kier molecular flexibility index (Phi) is 3.79. The van der Waals surface area contributed by atoms with Gasteiger partial charge in [0.25, 0.3) is 0 Å². The van der Waals surface area contributed by atoms with Crippen LogP contribution in [0.15, 0.2) is 0 Å². The lowest BCUT2D eigenvalue weighted by Crippen LogP contribution is -2.47. The van der Waals surface area contributed by atoms with E-state index in [0.717, 1.165) is 38.3 Å². The molecule has 0 aromatic carbocycles. The van der Waals surface area contributed by atoms with E-state index in [9.17, 15) is 0 Å². The minimum absolute atomic E-state index is 0.751. The Hall–Kier alpha value is -0.120. The van der Waals surface area contributed by atoms with Crippen molar-refractivity contribution in [1.82, 2.24) is 10.2 Å². The summed E-state index contributed by atoms with van der Waals surface area (Å²) >= 11 is 0. The summed E-state index contributed by atoms with van der Waals surface area (Å²) < 4.78 is 5.38. The molecule has 2 aliphatic rings. The van der Waals surface area contributed by atoms with Gasteiger partial charge in [0, 0.05) is 19.1 Å². The number of nitrogens with one attached hydrogen (secondary N) is 1. The molecule has 2 saturated heterocycles. The van der Waals surface area contributed by atoms with Crippen LogP contribution in [0.5, 0.6) is 0 Å². The number of hydrogen-bond acceptors (Lipinski definition) is 3. The Labute approximate surface area is 86.8 Å². The first kappa shape index (κ1) is 10.4. The molecular formula is C11H22N2O. The number of ether oxygens (including phenoxy) is 1. The number of morpholine rings is 1. The summed E-state index contributed by atoms with van der Waals surface area (Å²) in [6.45, 7) is 8.92. The van der Waals surface area contributed by atoms with Crippen LogP contribution in [-0.2, 0) is 4.74 Å². The number of nitrogens with zero attached hydrogens (tertiary/aromatic N) is 1. The first-order valence-corrected chi connectivity index (χ1v) is 5.90. The summed E-state index contributed by atoms with van der Waals surface area (Å²) in [5, 5.41) is 3.43. The molecule has 3 heteroatoms. The molecule has 2 aliphatic heterocycles. The maximum absolute atomic E-state index is 5.38. The Morgan fingerprint density at radius 1 is 1.21 bits per heavy atom. The summed E-state index contributed by atoms with van der Waals surface area (Å²) in [6, 6.07) is 0.751. The van der Waals surface area contributed by atoms with Crippen LogP contribution in [0.3, 0.4) is 0 Å². The highest BCUT2D eigenvalue weighted by atomic mass is 16.5. The van der Waals surface area contributed by atoms with Gasteiger partial charge in [0.2, 0.25) is 0 Å². The zero-order valence-electron chi connectivity index (χ0n) is 9.17. The fourth-order valence-electron chi connectivity index (χ4n) is 2.61. The Morgan fingerprint density at radius 2 is 1.86 bits per heavy atom. The lowest BCUT2D eigenvalue weighted by Gasteiger charge is -2.38. The van der Waals surface area contributed by atoms with Gasteiger partial charge < -0.3 is 10.1 Å². The molecular weight excluding hydrogens is 176 g/mol. The molecule has 0 aliphatic carbocycles. The lowest BCUT2D eigenvalue weighted by molar-refractivity contribution is 0.00376. The molecule has 0 amide bonds. The van der Waals surface area contributed by atoms with Gasteiger partial charge in [-0.05, 0) is 38.8 Å². The maximum atomic E-state index is 5.38. The fourth-order valence-corrected chi connectivity index (χ4v) is 2.61. The normalized spacial score (nSPS) is 28.9. The van der Waals surface area contributed by atoms with Crippen molar-refractivity contribution < 1.29 is 4.74 Å². The molecule has 2 fully saturated rings. The van der Waals surface area contributed by atoms with Crippen LogP contribution in [0.1, 0.15) is 19.8 Å². The lowest BCUT2D eigenvalue weighted by atomic mass is 9.90. The monoisotopic (exact) mass is 198 g/mol. The summed E-state index contributed by atoms with van der Waals surface area (Å²) in [6.07, 6.45) is 2.69. The minimum Gasteiger partial charge on any atom is -0.379 e. The topological polar surface area (TPSA) is 24.5 Å². The van der Waals surface area contributed by atoms with Gasteiger partial charge >= 0.3 is 0 Å². The molecule has 0 saturated carbocycles. The molecule has 1 atom stereocenters. The molecule has 0 radical (unpaired) electrons. The van der Waals surface area contributed by atoms with Crippen molar-refractivity contribution >= 4 is 0 Å². The average Bonchev–Trinajstić information content (AvgIpc) is 2.30. The van der Waals surface area contributed by atoms with Crippen LogP contribution in [0.4, 0.5) is 0 Å². The van der Waals surface area contributed by atoms with E-state index in [4.69, 9.17) is 4.74 Å². The Morgan fingerprint density at radius 3 is 2.50 bits per heavy atom. The highest BCUT2D eigenvalue weighted by molar-refractivity contribution is 4.80. The molecule has 82 valence electrons. The van der Waals surface area contributed by atoms with Gasteiger partial charge in [-0.2, -0.15) is 0 Å². The zero-order valence-corrected chi connectivity index (χ0v) is 9.17. The predicted octanol–water partition coefficient (Wildman–Crippen LogP) is 0.707. The Balaban J connectivity index is 1.82. The van der Waals surface area contributed by atoms with E-state index in [-0.39, 0.29) is 0 Å². The van der Waals surface area contributed by atoms with Crippen molar-refractivity contribution in [1.29, 1.82) is 0 Å². The molecule has 0 aromatic heterocycles. The molecule has 2 rings (SSSR count). The summed E-state index contributed by atoms with van der Waals surface area (Å²) in [5.41, 5.74) is 0. The third kappa shape index (κ3) is 2.47. The van der Waals surface area contributed by atoms with Crippen molar-refractivity contribution in [2.75, 3.05) is 39.4 Å². The average molecular weight is 198 g/mol. The standard InChI is InChI=1S/C11H22N2O/c1-10(11-2-4-12-5-3-11)13-6-8-14-9-7-13/h10-12H,2-9H2,1H3. The van der Waals surface area contributed by atoms with Gasteiger partial charge in [-0.3, -0.25) is 4.90 Å². The fraction of sp³-hybridized carbons (Fsp3) is 1.00. The van der Waals surface area contributed by atoms with Gasteiger partial charge in [-0.25, -0.2) is 0 Å². The van der Waals surface area contributed by atoms with Crippen LogP contribution in [-0.4, -0.2) is 50.3 Å². The van der Waals surface area contributed by atoms with Gasteiger partial charge in [0.05, 0.1) is 13.2 Å². The zero-order chi connectivity index (χ0) is 9.80. The van der Waals surface area contributed by atoms with Crippen molar-refractivity contribution in [2.24, 2.45) is 5.92 Å². The van der Waals surface area contributed by atoms with Crippen molar-refractivity contribution in [3.8, 4) is 0 Å². The van der Waals surface area contributed by atoms with Crippen LogP contribution in [0, 0.1) is 5.92 Å². The third-order valence-corrected chi connectivity index (χ3v) is 3.69. The Bertz CT molecular complexity index is 145. The van der Waals surface area contributed by atoms with Gasteiger partial charge in [-0.15, -0.1) is 0 Å². The summed E-state index contributed by atoms with van der Waals surface area (Å²) in [7, 11) is 0. The molecule has 1 unspecified atom stereocenters. The third-order valence-electron chi connectivity index (χ3n) is 3.69. The van der Waals surface area contributed by atoms with Crippen LogP contribution in [0.25, 0.3) is 0 Å². The van der Waals surface area contributed by atoms with E-state index >= 15 is 0 Å². The van der Waals surface area contributed by atoms with Gasteiger partial charge in [0.1, 0.15) is 0 Å². The van der Waals surface area contributed by atoms with E-state index in [1.54, 1.807) is 0 Å². The highest BCUT2D eigenvalue weighted by Gasteiger charge is 2.25. The maximum Gasteiger partial charge on any atom is 0.0594 e. The first-order valence-electron chi connectivity index (χ1n) is 5.90. The number of rotatable bonds is 2.